The summed E-state index contributed by atoms with van der Waals surface area (Å²) in [5, 5.41) is 0. The maximum atomic E-state index is 11.0. The molecule has 0 radical (unpaired) electrons. The fraction of sp³-hybridized carbons (Fsp3) is 0.800. The molecular formula is C10H18O3. The number of ether oxygens (including phenoxy) is 1. The Hall–Kier alpha value is -0.860. The maximum Gasteiger partial charge on any atom is 0.374 e. The van der Waals surface area contributed by atoms with Crippen molar-refractivity contribution in [3.8, 4) is 0 Å². The number of carbonyl (C=O) groups excluding carboxylic acids is 2. The van der Waals surface area contributed by atoms with E-state index in [0.717, 1.165) is 12.8 Å². The first kappa shape index (κ1) is 12.1. The van der Waals surface area contributed by atoms with E-state index in [1.807, 2.05) is 20.8 Å². The first-order chi connectivity index (χ1) is 6.07. The van der Waals surface area contributed by atoms with Crippen molar-refractivity contribution in [2.24, 2.45) is 5.92 Å². The number of esters is 1. The number of ketones is 1. The number of hydrogen-bond donors (Lipinski definition) is 0. The first-order valence-corrected chi connectivity index (χ1v) is 4.77. The van der Waals surface area contributed by atoms with Gasteiger partial charge >= 0.3 is 5.97 Å². The van der Waals surface area contributed by atoms with Crippen LogP contribution >= 0.6 is 0 Å². The first-order valence-electron chi connectivity index (χ1n) is 4.77. The van der Waals surface area contributed by atoms with Crippen LogP contribution in [0.25, 0.3) is 0 Å². The summed E-state index contributed by atoms with van der Waals surface area (Å²) >= 11 is 0. The fourth-order valence-corrected chi connectivity index (χ4v) is 0.762. The van der Waals surface area contributed by atoms with Crippen LogP contribution in [0.1, 0.15) is 40.0 Å². The minimum atomic E-state index is -0.679. The summed E-state index contributed by atoms with van der Waals surface area (Å²) in [6.45, 7) is 6.18. The van der Waals surface area contributed by atoms with E-state index in [1.54, 1.807) is 0 Å². The number of hydrogen-bond acceptors (Lipinski definition) is 3. The molecule has 0 aliphatic rings. The number of rotatable bonds is 6. The fourth-order valence-electron chi connectivity index (χ4n) is 0.762. The van der Waals surface area contributed by atoms with Crippen molar-refractivity contribution in [3.05, 3.63) is 0 Å². The lowest BCUT2D eigenvalue weighted by Crippen LogP contribution is -2.19. The third-order valence-electron chi connectivity index (χ3n) is 1.53. The Labute approximate surface area is 79.5 Å². The van der Waals surface area contributed by atoms with Gasteiger partial charge in [0.1, 0.15) is 0 Å². The van der Waals surface area contributed by atoms with Crippen molar-refractivity contribution in [3.63, 3.8) is 0 Å². The van der Waals surface area contributed by atoms with Crippen LogP contribution in [-0.2, 0) is 14.3 Å². The molecule has 0 fully saturated rings. The van der Waals surface area contributed by atoms with Crippen molar-refractivity contribution in [1.29, 1.82) is 0 Å². The zero-order chi connectivity index (χ0) is 10.3. The molecule has 13 heavy (non-hydrogen) atoms. The smallest absolute Gasteiger partial charge is 0.374 e. The molecule has 0 aliphatic carbocycles. The van der Waals surface area contributed by atoms with Gasteiger partial charge in [0.05, 0.1) is 6.61 Å². The van der Waals surface area contributed by atoms with E-state index < -0.39 is 11.8 Å². The van der Waals surface area contributed by atoms with E-state index in [9.17, 15) is 9.59 Å². The number of carbonyl (C=O) groups is 2. The average Bonchev–Trinajstić information content (AvgIpc) is 2.10. The predicted octanol–water partition coefficient (Wildman–Crippen LogP) is 1.94. The monoisotopic (exact) mass is 186 g/mol. The normalized spacial score (nSPS) is 10.2. The summed E-state index contributed by atoms with van der Waals surface area (Å²) in [6.07, 6.45) is 1.99. The number of Topliss-reactive ketones (excluding diaryl/α,β-unsaturated/α-hetero) is 1. The SMILES string of the molecule is CCCCC(=O)C(=O)OCC(C)C. The zero-order valence-electron chi connectivity index (χ0n) is 8.63. The highest BCUT2D eigenvalue weighted by atomic mass is 16.5. The summed E-state index contributed by atoms with van der Waals surface area (Å²) in [5.41, 5.74) is 0. The van der Waals surface area contributed by atoms with Crippen LogP contribution in [0, 0.1) is 5.92 Å². The molecule has 0 amide bonds. The van der Waals surface area contributed by atoms with Crippen molar-refractivity contribution in [2.75, 3.05) is 6.61 Å². The summed E-state index contributed by atoms with van der Waals surface area (Å²) in [6, 6.07) is 0. The van der Waals surface area contributed by atoms with Crippen LogP contribution in [0.2, 0.25) is 0 Å². The van der Waals surface area contributed by atoms with Crippen LogP contribution in [0.5, 0.6) is 0 Å². The molecule has 0 aliphatic heterocycles. The van der Waals surface area contributed by atoms with Crippen LogP contribution in [0.15, 0.2) is 0 Å². The van der Waals surface area contributed by atoms with Gasteiger partial charge in [0.25, 0.3) is 0 Å². The maximum absolute atomic E-state index is 11.0. The third kappa shape index (κ3) is 6.31. The molecule has 0 unspecified atom stereocenters. The Kier molecular flexibility index (Phi) is 6.20. The Morgan fingerprint density at radius 2 is 1.92 bits per heavy atom. The van der Waals surface area contributed by atoms with E-state index in [2.05, 4.69) is 0 Å². The molecule has 0 rings (SSSR count). The van der Waals surface area contributed by atoms with Crippen LogP contribution < -0.4 is 0 Å². The van der Waals surface area contributed by atoms with Crippen molar-refractivity contribution < 1.29 is 14.3 Å². The predicted molar refractivity (Wildman–Crippen MR) is 50.3 cm³/mol. The van der Waals surface area contributed by atoms with Gasteiger partial charge in [-0.1, -0.05) is 27.2 Å². The van der Waals surface area contributed by atoms with Gasteiger partial charge < -0.3 is 4.74 Å². The van der Waals surface area contributed by atoms with E-state index in [-0.39, 0.29) is 5.92 Å². The van der Waals surface area contributed by atoms with Gasteiger partial charge in [0.15, 0.2) is 0 Å². The highest BCUT2D eigenvalue weighted by Crippen LogP contribution is 1.99. The second-order valence-electron chi connectivity index (χ2n) is 3.52. The molecule has 0 atom stereocenters. The lowest BCUT2D eigenvalue weighted by molar-refractivity contribution is -0.154. The van der Waals surface area contributed by atoms with E-state index >= 15 is 0 Å². The molecule has 0 saturated heterocycles. The summed E-state index contributed by atoms with van der Waals surface area (Å²) in [5.74, 6) is -0.799. The average molecular weight is 186 g/mol. The van der Waals surface area contributed by atoms with Crippen LogP contribution in [-0.4, -0.2) is 18.4 Å². The number of unbranched alkanes of at least 4 members (excludes halogenated alkanes) is 1. The Morgan fingerprint density at radius 3 is 2.38 bits per heavy atom. The highest BCUT2D eigenvalue weighted by molar-refractivity contribution is 6.33. The largest absolute Gasteiger partial charge is 0.460 e. The molecule has 0 heterocycles. The molecule has 0 spiro atoms. The van der Waals surface area contributed by atoms with Gasteiger partial charge in [0.2, 0.25) is 5.78 Å². The van der Waals surface area contributed by atoms with Gasteiger partial charge in [0, 0.05) is 6.42 Å². The molecule has 76 valence electrons. The van der Waals surface area contributed by atoms with Gasteiger partial charge in [-0.15, -0.1) is 0 Å². The molecular weight excluding hydrogens is 168 g/mol. The van der Waals surface area contributed by atoms with Gasteiger partial charge in [-0.2, -0.15) is 0 Å². The second-order valence-corrected chi connectivity index (χ2v) is 3.52. The van der Waals surface area contributed by atoms with Gasteiger partial charge in [-0.3, -0.25) is 4.79 Å². The molecule has 0 aromatic heterocycles. The lowest BCUT2D eigenvalue weighted by atomic mass is 10.2. The van der Waals surface area contributed by atoms with E-state index in [0.29, 0.717) is 13.0 Å². The van der Waals surface area contributed by atoms with Crippen LogP contribution in [0.3, 0.4) is 0 Å². The molecule has 0 saturated carbocycles. The van der Waals surface area contributed by atoms with Gasteiger partial charge in [-0.25, -0.2) is 4.79 Å². The van der Waals surface area contributed by atoms with Gasteiger partial charge in [-0.05, 0) is 12.3 Å². The molecule has 0 aromatic rings. The Morgan fingerprint density at radius 1 is 1.31 bits per heavy atom. The second kappa shape index (κ2) is 6.63. The molecule has 0 aromatic carbocycles. The van der Waals surface area contributed by atoms with E-state index in [1.165, 1.54) is 0 Å². The zero-order valence-corrected chi connectivity index (χ0v) is 8.63. The van der Waals surface area contributed by atoms with E-state index in [4.69, 9.17) is 4.74 Å². The lowest BCUT2D eigenvalue weighted by Gasteiger charge is -2.05. The third-order valence-corrected chi connectivity index (χ3v) is 1.53. The topological polar surface area (TPSA) is 43.4 Å². The highest BCUT2D eigenvalue weighted by Gasteiger charge is 2.14. The molecule has 3 heteroatoms. The van der Waals surface area contributed by atoms with Crippen molar-refractivity contribution >= 4 is 11.8 Å². The quantitative estimate of drug-likeness (QED) is 0.470. The Bertz CT molecular complexity index is 173. The minimum Gasteiger partial charge on any atom is -0.460 e. The Balaban J connectivity index is 3.64. The van der Waals surface area contributed by atoms with Crippen LogP contribution in [0.4, 0.5) is 0 Å². The van der Waals surface area contributed by atoms with Crippen molar-refractivity contribution in [2.45, 2.75) is 40.0 Å². The molecule has 0 bridgehead atoms. The molecule has 0 N–H and O–H groups in total. The standard InChI is InChI=1S/C10H18O3/c1-4-5-6-9(11)10(12)13-7-8(2)3/h8H,4-7H2,1-3H3. The summed E-state index contributed by atoms with van der Waals surface area (Å²) in [7, 11) is 0. The molecule has 3 nitrogen and oxygen atoms in total. The summed E-state index contributed by atoms with van der Waals surface area (Å²) in [4.78, 5) is 22.0. The minimum absolute atomic E-state index is 0.280. The van der Waals surface area contributed by atoms with Crippen molar-refractivity contribution in [1.82, 2.24) is 0 Å². The summed E-state index contributed by atoms with van der Waals surface area (Å²) < 4.78 is 4.77.